The summed E-state index contributed by atoms with van der Waals surface area (Å²) in [5, 5.41) is 6.40. The summed E-state index contributed by atoms with van der Waals surface area (Å²) in [6.45, 7) is 4.54. The molecule has 1 heterocycles. The monoisotopic (exact) mass is 264 g/mol. The third kappa shape index (κ3) is 3.77. The number of halogens is 1. The maximum absolute atomic E-state index is 13.0. The first-order valence-corrected chi connectivity index (χ1v) is 6.86. The normalized spacial score (nSPS) is 23.1. The van der Waals surface area contributed by atoms with E-state index in [2.05, 4.69) is 17.6 Å². The van der Waals surface area contributed by atoms with Crippen molar-refractivity contribution in [1.29, 1.82) is 0 Å². The first-order valence-electron chi connectivity index (χ1n) is 6.86. The van der Waals surface area contributed by atoms with Gasteiger partial charge in [-0.15, -0.1) is 0 Å². The van der Waals surface area contributed by atoms with Gasteiger partial charge in [0.25, 0.3) is 5.91 Å². The SMILES string of the molecule is Cc1cc(F)ccc1C(=O)NCC1CCCC(C)N1. The molecule has 0 bridgehead atoms. The summed E-state index contributed by atoms with van der Waals surface area (Å²) >= 11 is 0. The van der Waals surface area contributed by atoms with E-state index in [1.54, 1.807) is 6.92 Å². The topological polar surface area (TPSA) is 41.1 Å². The summed E-state index contributed by atoms with van der Waals surface area (Å²) in [4.78, 5) is 12.0. The molecule has 2 unspecified atom stereocenters. The second-order valence-electron chi connectivity index (χ2n) is 5.36. The molecular formula is C15H21FN2O. The molecule has 2 atom stereocenters. The van der Waals surface area contributed by atoms with Gasteiger partial charge in [0.2, 0.25) is 0 Å². The summed E-state index contributed by atoms with van der Waals surface area (Å²) in [6.07, 6.45) is 3.48. The molecule has 1 aliphatic heterocycles. The largest absolute Gasteiger partial charge is 0.350 e. The molecule has 0 aromatic heterocycles. The summed E-state index contributed by atoms with van der Waals surface area (Å²) in [6, 6.07) is 5.10. The molecule has 0 radical (unpaired) electrons. The van der Waals surface area contributed by atoms with Crippen LogP contribution >= 0.6 is 0 Å². The minimum atomic E-state index is -0.308. The predicted molar refractivity (Wildman–Crippen MR) is 73.7 cm³/mol. The fraction of sp³-hybridized carbons (Fsp3) is 0.533. The van der Waals surface area contributed by atoms with Crippen LogP contribution in [0, 0.1) is 12.7 Å². The average Bonchev–Trinajstić information content (AvgIpc) is 2.36. The van der Waals surface area contributed by atoms with Gasteiger partial charge in [-0.25, -0.2) is 4.39 Å². The lowest BCUT2D eigenvalue weighted by molar-refractivity contribution is 0.0945. The van der Waals surface area contributed by atoms with Gasteiger partial charge in [-0.05, 0) is 50.5 Å². The molecule has 19 heavy (non-hydrogen) atoms. The van der Waals surface area contributed by atoms with Crippen LogP contribution in [0.2, 0.25) is 0 Å². The van der Waals surface area contributed by atoms with E-state index in [0.717, 1.165) is 6.42 Å². The number of hydrogen-bond acceptors (Lipinski definition) is 2. The van der Waals surface area contributed by atoms with E-state index in [-0.39, 0.29) is 11.7 Å². The van der Waals surface area contributed by atoms with Gasteiger partial charge in [0.15, 0.2) is 0 Å². The maximum atomic E-state index is 13.0. The van der Waals surface area contributed by atoms with E-state index < -0.39 is 0 Å². The lowest BCUT2D eigenvalue weighted by Crippen LogP contribution is -2.47. The van der Waals surface area contributed by atoms with E-state index in [1.165, 1.54) is 31.0 Å². The van der Waals surface area contributed by atoms with Gasteiger partial charge < -0.3 is 10.6 Å². The maximum Gasteiger partial charge on any atom is 0.251 e. The highest BCUT2D eigenvalue weighted by Gasteiger charge is 2.18. The zero-order valence-electron chi connectivity index (χ0n) is 11.5. The number of benzene rings is 1. The molecular weight excluding hydrogens is 243 g/mol. The number of hydrogen-bond donors (Lipinski definition) is 2. The van der Waals surface area contributed by atoms with Gasteiger partial charge in [-0.2, -0.15) is 0 Å². The van der Waals surface area contributed by atoms with Crippen LogP contribution in [0.1, 0.15) is 42.1 Å². The fourth-order valence-corrected chi connectivity index (χ4v) is 2.59. The molecule has 1 aromatic rings. The van der Waals surface area contributed by atoms with E-state index >= 15 is 0 Å². The lowest BCUT2D eigenvalue weighted by atomic mass is 9.99. The summed E-state index contributed by atoms with van der Waals surface area (Å²) in [7, 11) is 0. The Morgan fingerprint density at radius 2 is 2.26 bits per heavy atom. The Bertz CT molecular complexity index is 461. The van der Waals surface area contributed by atoms with Crippen LogP contribution in [0.5, 0.6) is 0 Å². The first kappa shape index (κ1) is 14.0. The molecule has 104 valence electrons. The van der Waals surface area contributed by atoms with Gasteiger partial charge in [-0.1, -0.05) is 6.42 Å². The van der Waals surface area contributed by atoms with Crippen LogP contribution in [0.25, 0.3) is 0 Å². The van der Waals surface area contributed by atoms with E-state index in [9.17, 15) is 9.18 Å². The molecule has 1 saturated heterocycles. The predicted octanol–water partition coefficient (Wildman–Crippen LogP) is 2.39. The highest BCUT2D eigenvalue weighted by molar-refractivity contribution is 5.95. The van der Waals surface area contributed by atoms with Gasteiger partial charge in [0.1, 0.15) is 5.82 Å². The summed E-state index contributed by atoms with van der Waals surface area (Å²) in [5.74, 6) is -0.436. The number of carbonyl (C=O) groups is 1. The number of piperidine rings is 1. The molecule has 1 fully saturated rings. The standard InChI is InChI=1S/C15H21FN2O/c1-10-8-12(16)6-7-14(10)15(19)17-9-13-5-3-4-11(2)18-13/h6-8,11,13,18H,3-5,9H2,1-2H3,(H,17,19). The van der Waals surface area contributed by atoms with Crippen LogP contribution < -0.4 is 10.6 Å². The highest BCUT2D eigenvalue weighted by atomic mass is 19.1. The zero-order valence-corrected chi connectivity index (χ0v) is 11.5. The molecule has 0 spiro atoms. The van der Waals surface area contributed by atoms with E-state index in [0.29, 0.717) is 29.8 Å². The Morgan fingerprint density at radius 3 is 2.95 bits per heavy atom. The average molecular weight is 264 g/mol. The van der Waals surface area contributed by atoms with Crippen molar-refractivity contribution in [1.82, 2.24) is 10.6 Å². The minimum absolute atomic E-state index is 0.127. The molecule has 2 N–H and O–H groups in total. The molecule has 0 aliphatic carbocycles. The molecule has 2 rings (SSSR count). The zero-order chi connectivity index (χ0) is 13.8. The van der Waals surface area contributed by atoms with Crippen LogP contribution in [0.4, 0.5) is 4.39 Å². The number of rotatable bonds is 3. The van der Waals surface area contributed by atoms with Gasteiger partial charge in [-0.3, -0.25) is 4.79 Å². The van der Waals surface area contributed by atoms with Crippen molar-refractivity contribution in [2.45, 2.75) is 45.2 Å². The van der Waals surface area contributed by atoms with Crippen molar-refractivity contribution in [3.05, 3.63) is 35.1 Å². The van der Waals surface area contributed by atoms with Gasteiger partial charge in [0.05, 0.1) is 0 Å². The van der Waals surface area contributed by atoms with Crippen molar-refractivity contribution >= 4 is 5.91 Å². The molecule has 3 nitrogen and oxygen atoms in total. The van der Waals surface area contributed by atoms with Crippen molar-refractivity contribution in [3.63, 3.8) is 0 Å². The molecule has 4 heteroatoms. The van der Waals surface area contributed by atoms with Gasteiger partial charge >= 0.3 is 0 Å². The minimum Gasteiger partial charge on any atom is -0.350 e. The third-order valence-electron chi connectivity index (χ3n) is 3.65. The Morgan fingerprint density at radius 1 is 1.47 bits per heavy atom. The number of aryl methyl sites for hydroxylation is 1. The molecule has 1 aliphatic rings. The van der Waals surface area contributed by atoms with Crippen molar-refractivity contribution < 1.29 is 9.18 Å². The van der Waals surface area contributed by atoms with Crippen molar-refractivity contribution in [2.24, 2.45) is 0 Å². The second kappa shape index (κ2) is 6.15. The number of carbonyl (C=O) groups excluding carboxylic acids is 1. The number of nitrogens with one attached hydrogen (secondary N) is 2. The van der Waals surface area contributed by atoms with Gasteiger partial charge in [0, 0.05) is 24.2 Å². The van der Waals surface area contributed by atoms with Crippen LogP contribution in [-0.4, -0.2) is 24.5 Å². The molecule has 1 aromatic carbocycles. The Kier molecular flexibility index (Phi) is 4.53. The highest BCUT2D eigenvalue weighted by Crippen LogP contribution is 2.13. The Labute approximate surface area is 113 Å². The van der Waals surface area contributed by atoms with E-state index in [1.807, 2.05) is 0 Å². The fourth-order valence-electron chi connectivity index (χ4n) is 2.59. The lowest BCUT2D eigenvalue weighted by Gasteiger charge is -2.28. The smallest absolute Gasteiger partial charge is 0.251 e. The van der Waals surface area contributed by atoms with E-state index in [4.69, 9.17) is 0 Å². The molecule has 0 saturated carbocycles. The second-order valence-corrected chi connectivity index (χ2v) is 5.36. The Balaban J connectivity index is 1.90. The molecule has 1 amide bonds. The number of amides is 1. The Hall–Kier alpha value is -1.42. The summed E-state index contributed by atoms with van der Waals surface area (Å²) < 4.78 is 13.0. The van der Waals surface area contributed by atoms with Crippen LogP contribution in [0.15, 0.2) is 18.2 Å². The first-order chi connectivity index (χ1) is 9.06. The van der Waals surface area contributed by atoms with Crippen LogP contribution in [-0.2, 0) is 0 Å². The van der Waals surface area contributed by atoms with Crippen molar-refractivity contribution in [3.8, 4) is 0 Å². The quantitative estimate of drug-likeness (QED) is 0.880. The summed E-state index contributed by atoms with van der Waals surface area (Å²) in [5.41, 5.74) is 1.22. The third-order valence-corrected chi connectivity index (χ3v) is 3.65. The van der Waals surface area contributed by atoms with Crippen molar-refractivity contribution in [2.75, 3.05) is 6.54 Å². The van der Waals surface area contributed by atoms with Crippen LogP contribution in [0.3, 0.4) is 0 Å².